The van der Waals surface area contributed by atoms with Crippen molar-refractivity contribution < 1.29 is 14.7 Å². The minimum atomic E-state index is -0.813. The topological polar surface area (TPSA) is 69.6 Å². The molecule has 2 N–H and O–H groups in total. The molecule has 0 rings (SSSR count). The summed E-state index contributed by atoms with van der Waals surface area (Å²) >= 11 is 0. The fourth-order valence-electron chi connectivity index (χ4n) is 1.87. The van der Waals surface area contributed by atoms with Gasteiger partial charge in [0.25, 0.3) is 0 Å². The van der Waals surface area contributed by atoms with Crippen molar-refractivity contribution in [2.75, 3.05) is 13.1 Å². The van der Waals surface area contributed by atoms with Gasteiger partial charge in [0.05, 0.1) is 0 Å². The molecule has 106 valence electrons. The summed E-state index contributed by atoms with van der Waals surface area (Å²) in [4.78, 5) is 24.3. The molecule has 18 heavy (non-hydrogen) atoms. The number of carboxylic acid groups (broad SMARTS) is 1. The second-order valence-electron chi connectivity index (χ2n) is 4.84. The molecule has 0 aliphatic heterocycles. The molecule has 0 aliphatic carbocycles. The van der Waals surface area contributed by atoms with Gasteiger partial charge in [-0.15, -0.1) is 0 Å². The first kappa shape index (κ1) is 16.9. The van der Waals surface area contributed by atoms with E-state index in [4.69, 9.17) is 5.11 Å². The van der Waals surface area contributed by atoms with Crippen LogP contribution >= 0.6 is 0 Å². The minimum Gasteiger partial charge on any atom is -0.481 e. The third-order valence-corrected chi connectivity index (χ3v) is 2.77. The van der Waals surface area contributed by atoms with Crippen LogP contribution in [0.3, 0.4) is 0 Å². The quantitative estimate of drug-likeness (QED) is 0.657. The number of amides is 1. The second-order valence-corrected chi connectivity index (χ2v) is 4.84. The van der Waals surface area contributed by atoms with E-state index < -0.39 is 5.97 Å². The number of rotatable bonds is 9. The Hall–Kier alpha value is -1.10. The van der Waals surface area contributed by atoms with E-state index in [9.17, 15) is 9.59 Å². The summed E-state index contributed by atoms with van der Waals surface area (Å²) in [7, 11) is 0. The SMILES string of the molecule is CCNC(C)CC(=O)N(CCCC(=O)O)C(C)C. The van der Waals surface area contributed by atoms with Gasteiger partial charge >= 0.3 is 5.97 Å². The Morgan fingerprint density at radius 2 is 1.89 bits per heavy atom. The molecule has 1 unspecified atom stereocenters. The Bertz CT molecular complexity index is 267. The third kappa shape index (κ3) is 7.27. The lowest BCUT2D eigenvalue weighted by atomic mass is 10.1. The molecular weight excluding hydrogens is 232 g/mol. The zero-order chi connectivity index (χ0) is 14.1. The lowest BCUT2D eigenvalue weighted by Crippen LogP contribution is -2.41. The van der Waals surface area contributed by atoms with Gasteiger partial charge < -0.3 is 15.3 Å². The highest BCUT2D eigenvalue weighted by Gasteiger charge is 2.18. The van der Waals surface area contributed by atoms with E-state index in [-0.39, 0.29) is 24.4 Å². The molecule has 5 heteroatoms. The van der Waals surface area contributed by atoms with Crippen molar-refractivity contribution >= 4 is 11.9 Å². The van der Waals surface area contributed by atoms with Crippen LogP contribution in [0.25, 0.3) is 0 Å². The average molecular weight is 258 g/mol. The monoisotopic (exact) mass is 258 g/mol. The Kier molecular flexibility index (Phi) is 8.37. The largest absolute Gasteiger partial charge is 0.481 e. The molecule has 1 atom stereocenters. The molecule has 0 heterocycles. The first-order valence-electron chi connectivity index (χ1n) is 6.63. The zero-order valence-electron chi connectivity index (χ0n) is 11.9. The third-order valence-electron chi connectivity index (χ3n) is 2.77. The average Bonchev–Trinajstić information content (AvgIpc) is 2.23. The van der Waals surface area contributed by atoms with Crippen molar-refractivity contribution in [3.8, 4) is 0 Å². The molecule has 0 spiro atoms. The van der Waals surface area contributed by atoms with E-state index in [2.05, 4.69) is 5.32 Å². The van der Waals surface area contributed by atoms with Crippen LogP contribution in [-0.2, 0) is 9.59 Å². The van der Waals surface area contributed by atoms with Crippen LogP contribution < -0.4 is 5.32 Å². The molecule has 0 saturated heterocycles. The Balaban J connectivity index is 4.23. The van der Waals surface area contributed by atoms with Gasteiger partial charge in [-0.1, -0.05) is 6.92 Å². The minimum absolute atomic E-state index is 0.0869. The smallest absolute Gasteiger partial charge is 0.303 e. The fourth-order valence-corrected chi connectivity index (χ4v) is 1.87. The number of aliphatic carboxylic acids is 1. The van der Waals surface area contributed by atoms with E-state index in [0.717, 1.165) is 6.54 Å². The molecule has 0 saturated carbocycles. The molecule has 0 aromatic rings. The molecule has 5 nitrogen and oxygen atoms in total. The first-order valence-corrected chi connectivity index (χ1v) is 6.63. The van der Waals surface area contributed by atoms with Gasteiger partial charge in [-0.2, -0.15) is 0 Å². The Labute approximate surface area is 110 Å². The molecule has 0 fully saturated rings. The van der Waals surface area contributed by atoms with Gasteiger partial charge in [-0.05, 0) is 33.7 Å². The normalized spacial score (nSPS) is 12.5. The molecule has 0 bridgehead atoms. The predicted octanol–water partition coefficient (Wildman–Crippen LogP) is 1.48. The maximum Gasteiger partial charge on any atom is 0.303 e. The summed E-state index contributed by atoms with van der Waals surface area (Å²) in [6, 6.07) is 0.267. The zero-order valence-corrected chi connectivity index (χ0v) is 11.9. The van der Waals surface area contributed by atoms with Crippen LogP contribution in [0.1, 0.15) is 47.0 Å². The Morgan fingerprint density at radius 3 is 2.33 bits per heavy atom. The van der Waals surface area contributed by atoms with Crippen LogP contribution in [0.2, 0.25) is 0 Å². The number of hydrogen-bond acceptors (Lipinski definition) is 3. The highest BCUT2D eigenvalue weighted by Crippen LogP contribution is 2.06. The van der Waals surface area contributed by atoms with Gasteiger partial charge in [0.2, 0.25) is 5.91 Å². The lowest BCUT2D eigenvalue weighted by Gasteiger charge is -2.28. The van der Waals surface area contributed by atoms with Crippen molar-refractivity contribution in [2.24, 2.45) is 0 Å². The van der Waals surface area contributed by atoms with Crippen LogP contribution in [0.5, 0.6) is 0 Å². The predicted molar refractivity (Wildman–Crippen MR) is 71.5 cm³/mol. The number of nitrogens with one attached hydrogen (secondary N) is 1. The van der Waals surface area contributed by atoms with Gasteiger partial charge in [-0.25, -0.2) is 0 Å². The van der Waals surface area contributed by atoms with Crippen molar-refractivity contribution in [2.45, 2.75) is 59.0 Å². The van der Waals surface area contributed by atoms with Crippen LogP contribution in [0.4, 0.5) is 0 Å². The summed E-state index contributed by atoms with van der Waals surface area (Å²) < 4.78 is 0. The highest BCUT2D eigenvalue weighted by atomic mass is 16.4. The van der Waals surface area contributed by atoms with Gasteiger partial charge in [0.15, 0.2) is 0 Å². The standard InChI is InChI=1S/C13H26N2O3/c1-5-14-11(4)9-12(16)15(10(2)3)8-6-7-13(17)18/h10-11,14H,5-9H2,1-4H3,(H,17,18). The van der Waals surface area contributed by atoms with E-state index >= 15 is 0 Å². The highest BCUT2D eigenvalue weighted by molar-refractivity contribution is 5.77. The van der Waals surface area contributed by atoms with Gasteiger partial charge in [0.1, 0.15) is 0 Å². The molecular formula is C13H26N2O3. The molecule has 0 aliphatic rings. The second kappa shape index (κ2) is 8.91. The van der Waals surface area contributed by atoms with E-state index in [1.807, 2.05) is 27.7 Å². The summed E-state index contributed by atoms with van der Waals surface area (Å²) in [6.45, 7) is 9.26. The van der Waals surface area contributed by atoms with Crippen molar-refractivity contribution in [3.63, 3.8) is 0 Å². The summed E-state index contributed by atoms with van der Waals surface area (Å²) in [5, 5.41) is 11.8. The van der Waals surface area contributed by atoms with Gasteiger partial charge in [-0.3, -0.25) is 9.59 Å². The van der Waals surface area contributed by atoms with Crippen LogP contribution in [0.15, 0.2) is 0 Å². The van der Waals surface area contributed by atoms with Crippen molar-refractivity contribution in [3.05, 3.63) is 0 Å². The van der Waals surface area contributed by atoms with E-state index in [1.54, 1.807) is 4.90 Å². The van der Waals surface area contributed by atoms with Gasteiger partial charge in [0, 0.05) is 31.5 Å². The Morgan fingerprint density at radius 1 is 1.28 bits per heavy atom. The van der Waals surface area contributed by atoms with Crippen molar-refractivity contribution in [1.29, 1.82) is 0 Å². The van der Waals surface area contributed by atoms with Crippen LogP contribution in [0, 0.1) is 0 Å². The fraction of sp³-hybridized carbons (Fsp3) is 0.846. The molecule has 1 amide bonds. The number of nitrogens with zero attached hydrogens (tertiary/aromatic N) is 1. The van der Waals surface area contributed by atoms with E-state index in [1.165, 1.54) is 0 Å². The van der Waals surface area contributed by atoms with Crippen molar-refractivity contribution in [1.82, 2.24) is 10.2 Å². The number of carbonyl (C=O) groups is 2. The number of carbonyl (C=O) groups excluding carboxylic acids is 1. The number of hydrogen-bond donors (Lipinski definition) is 2. The summed E-state index contributed by atoms with van der Waals surface area (Å²) in [6.07, 6.45) is 1.08. The number of carboxylic acids is 1. The van der Waals surface area contributed by atoms with E-state index in [0.29, 0.717) is 19.4 Å². The maximum absolute atomic E-state index is 12.1. The first-order chi connectivity index (χ1) is 8.38. The molecule has 0 radical (unpaired) electrons. The molecule has 0 aromatic carbocycles. The van der Waals surface area contributed by atoms with Crippen LogP contribution in [-0.4, -0.2) is 47.1 Å². The summed E-state index contributed by atoms with van der Waals surface area (Å²) in [5.41, 5.74) is 0. The lowest BCUT2D eigenvalue weighted by molar-refractivity contribution is -0.138. The molecule has 0 aromatic heterocycles. The maximum atomic E-state index is 12.1. The summed E-state index contributed by atoms with van der Waals surface area (Å²) in [5.74, 6) is -0.726.